The van der Waals surface area contributed by atoms with E-state index >= 15 is 0 Å². The van der Waals surface area contributed by atoms with Crippen molar-refractivity contribution in [1.29, 1.82) is 0 Å². The average Bonchev–Trinajstić information content (AvgIpc) is 3.06. The molecule has 32 heavy (non-hydrogen) atoms. The lowest BCUT2D eigenvalue weighted by Gasteiger charge is -2.12. The van der Waals surface area contributed by atoms with Crippen LogP contribution < -0.4 is 14.2 Å². The number of benzene rings is 3. The van der Waals surface area contributed by atoms with Crippen LogP contribution >= 0.6 is 0 Å². The van der Waals surface area contributed by atoms with E-state index in [1.54, 1.807) is 0 Å². The summed E-state index contributed by atoms with van der Waals surface area (Å²) in [6.07, 6.45) is 0. The van der Waals surface area contributed by atoms with Gasteiger partial charge in [-0.2, -0.15) is 0 Å². The molecule has 0 amide bonds. The summed E-state index contributed by atoms with van der Waals surface area (Å²) in [5.41, 5.74) is 0.859. The van der Waals surface area contributed by atoms with Crippen molar-refractivity contribution in [3.05, 3.63) is 93.0 Å². The van der Waals surface area contributed by atoms with Gasteiger partial charge in [-0.05, 0) is 29.8 Å². The molecule has 0 N–H and O–H groups in total. The fourth-order valence-corrected chi connectivity index (χ4v) is 3.76. The van der Waals surface area contributed by atoms with Crippen LogP contribution in [0, 0.1) is 10.1 Å². The lowest BCUT2D eigenvalue weighted by molar-refractivity contribution is -0.385. The number of hydrogen-bond acceptors (Lipinski definition) is 7. The summed E-state index contributed by atoms with van der Waals surface area (Å²) in [5.74, 6) is -1.50. The molecule has 0 atom stereocenters. The van der Waals surface area contributed by atoms with E-state index in [0.29, 0.717) is 17.2 Å². The van der Waals surface area contributed by atoms with Gasteiger partial charge in [-0.3, -0.25) is 19.7 Å². The molecule has 0 saturated heterocycles. The van der Waals surface area contributed by atoms with Crippen molar-refractivity contribution >= 4 is 17.3 Å². The van der Waals surface area contributed by atoms with E-state index in [0.717, 1.165) is 5.56 Å². The third kappa shape index (κ3) is 3.66. The van der Waals surface area contributed by atoms with E-state index in [-0.39, 0.29) is 29.0 Å². The number of carbonyl (C=O) groups excluding carboxylic acids is 2. The predicted octanol–water partition coefficient (Wildman–Crippen LogP) is 4.35. The molecule has 0 radical (unpaired) electrons. The minimum atomic E-state index is -1.34. The Kier molecular flexibility index (Phi) is 5.59. The van der Waals surface area contributed by atoms with E-state index < -0.39 is 22.4 Å². The Balaban J connectivity index is 1.73. The van der Waals surface area contributed by atoms with E-state index in [1.807, 2.05) is 30.3 Å². The topological polar surface area (TPSA) is 105 Å². The molecule has 0 fully saturated rings. The standard InChI is InChI=1S/C24H19NO7/c1-30-20-11-16-17(12-21(20)31-2)24(27)22(23(16)26)18-10-15(8-9-19(18)25(28)29)32-13-14-6-4-3-5-7-14/h3-12,22H,13H2,1-2H3. The summed E-state index contributed by atoms with van der Waals surface area (Å²) >= 11 is 0. The number of rotatable bonds is 7. The maximum absolute atomic E-state index is 13.2. The van der Waals surface area contributed by atoms with Crippen molar-refractivity contribution in [1.82, 2.24) is 0 Å². The van der Waals surface area contributed by atoms with Gasteiger partial charge in [0.05, 0.1) is 24.7 Å². The molecule has 0 spiro atoms. The molecular weight excluding hydrogens is 414 g/mol. The molecule has 1 aliphatic carbocycles. The van der Waals surface area contributed by atoms with E-state index in [4.69, 9.17) is 14.2 Å². The lowest BCUT2D eigenvalue weighted by atomic mass is 9.92. The highest BCUT2D eigenvalue weighted by atomic mass is 16.6. The first-order valence-electron chi connectivity index (χ1n) is 9.74. The van der Waals surface area contributed by atoms with Crippen molar-refractivity contribution < 1.29 is 28.7 Å². The molecule has 8 heteroatoms. The first-order valence-corrected chi connectivity index (χ1v) is 9.74. The number of nitrogens with zero attached hydrogens (tertiary/aromatic N) is 1. The molecule has 162 valence electrons. The zero-order valence-corrected chi connectivity index (χ0v) is 17.4. The molecule has 0 saturated carbocycles. The smallest absolute Gasteiger partial charge is 0.274 e. The Morgan fingerprint density at radius 3 is 2.00 bits per heavy atom. The van der Waals surface area contributed by atoms with E-state index in [2.05, 4.69) is 0 Å². The zero-order chi connectivity index (χ0) is 22.8. The SMILES string of the molecule is COc1cc2c(cc1OC)C(=O)C(c1cc(OCc3ccccc3)ccc1[N+](=O)[O-])C2=O. The molecule has 0 bridgehead atoms. The highest BCUT2D eigenvalue weighted by Gasteiger charge is 2.43. The van der Waals surface area contributed by atoms with Crippen LogP contribution in [0.3, 0.4) is 0 Å². The minimum absolute atomic E-state index is 0.00954. The maximum atomic E-state index is 13.2. The molecule has 0 aliphatic heterocycles. The molecule has 3 aromatic rings. The van der Waals surface area contributed by atoms with Gasteiger partial charge in [-0.25, -0.2) is 0 Å². The van der Waals surface area contributed by atoms with Crippen molar-refractivity contribution in [3.8, 4) is 17.2 Å². The number of fused-ring (bicyclic) bond motifs is 1. The van der Waals surface area contributed by atoms with Gasteiger partial charge in [0.2, 0.25) is 0 Å². The second kappa shape index (κ2) is 8.50. The maximum Gasteiger partial charge on any atom is 0.274 e. The minimum Gasteiger partial charge on any atom is -0.493 e. The second-order valence-electron chi connectivity index (χ2n) is 7.17. The van der Waals surface area contributed by atoms with E-state index in [9.17, 15) is 19.7 Å². The van der Waals surface area contributed by atoms with Crippen LogP contribution in [0.2, 0.25) is 0 Å². The molecular formula is C24H19NO7. The lowest BCUT2D eigenvalue weighted by Crippen LogP contribution is -2.15. The van der Waals surface area contributed by atoms with Gasteiger partial charge in [0.1, 0.15) is 18.3 Å². The van der Waals surface area contributed by atoms with Gasteiger partial charge in [-0.15, -0.1) is 0 Å². The summed E-state index contributed by atoms with van der Waals surface area (Å²) in [7, 11) is 2.84. The quantitative estimate of drug-likeness (QED) is 0.310. The van der Waals surface area contributed by atoms with Gasteiger partial charge in [0.25, 0.3) is 5.69 Å². The van der Waals surface area contributed by atoms with Gasteiger partial charge in [-0.1, -0.05) is 30.3 Å². The van der Waals surface area contributed by atoms with Crippen LogP contribution in [0.25, 0.3) is 0 Å². The highest BCUT2D eigenvalue weighted by molar-refractivity contribution is 6.30. The number of carbonyl (C=O) groups is 2. The van der Waals surface area contributed by atoms with E-state index in [1.165, 1.54) is 44.6 Å². The molecule has 0 unspecified atom stereocenters. The van der Waals surface area contributed by atoms with Gasteiger partial charge in [0.15, 0.2) is 23.1 Å². The number of Topliss-reactive ketones (excluding diaryl/α,β-unsaturated/α-hetero) is 2. The van der Waals surface area contributed by atoms with Gasteiger partial charge >= 0.3 is 0 Å². The van der Waals surface area contributed by atoms with Crippen LogP contribution in [0.1, 0.15) is 37.8 Å². The Hall–Kier alpha value is -4.20. The Labute approximate surface area is 183 Å². The van der Waals surface area contributed by atoms with Crippen LogP contribution in [0.15, 0.2) is 60.7 Å². The van der Waals surface area contributed by atoms with Gasteiger partial charge in [0, 0.05) is 17.2 Å². The predicted molar refractivity (Wildman–Crippen MR) is 115 cm³/mol. The molecule has 8 nitrogen and oxygen atoms in total. The fraction of sp³-hybridized carbons (Fsp3) is 0.167. The Morgan fingerprint density at radius 2 is 1.47 bits per heavy atom. The van der Waals surface area contributed by atoms with Crippen LogP contribution in [0.4, 0.5) is 5.69 Å². The number of ketones is 2. The number of methoxy groups -OCH3 is 2. The second-order valence-corrected chi connectivity index (χ2v) is 7.17. The Bertz CT molecular complexity index is 1180. The molecule has 1 aliphatic rings. The number of nitro groups is 1. The van der Waals surface area contributed by atoms with Crippen LogP contribution in [0.5, 0.6) is 17.2 Å². The first-order chi connectivity index (χ1) is 15.4. The van der Waals surface area contributed by atoms with Crippen molar-refractivity contribution in [2.24, 2.45) is 0 Å². The third-order valence-electron chi connectivity index (χ3n) is 5.33. The Morgan fingerprint density at radius 1 is 0.875 bits per heavy atom. The number of hydrogen-bond donors (Lipinski definition) is 0. The monoisotopic (exact) mass is 433 g/mol. The van der Waals surface area contributed by atoms with Crippen molar-refractivity contribution in [2.75, 3.05) is 14.2 Å². The number of nitro benzene ring substituents is 1. The number of ether oxygens (including phenoxy) is 3. The molecule has 0 heterocycles. The molecule has 4 rings (SSSR count). The van der Waals surface area contributed by atoms with Crippen molar-refractivity contribution in [2.45, 2.75) is 12.5 Å². The summed E-state index contributed by atoms with van der Waals surface area (Å²) < 4.78 is 16.2. The largest absolute Gasteiger partial charge is 0.493 e. The molecule has 0 aromatic heterocycles. The summed E-state index contributed by atoms with van der Waals surface area (Å²) in [6.45, 7) is 0.235. The third-order valence-corrected chi connectivity index (χ3v) is 5.33. The van der Waals surface area contributed by atoms with Crippen molar-refractivity contribution in [3.63, 3.8) is 0 Å². The highest BCUT2D eigenvalue weighted by Crippen LogP contribution is 2.43. The average molecular weight is 433 g/mol. The van der Waals surface area contributed by atoms with Gasteiger partial charge < -0.3 is 14.2 Å². The normalized spacial score (nSPS) is 13.1. The fourth-order valence-electron chi connectivity index (χ4n) is 3.76. The summed E-state index contributed by atoms with van der Waals surface area (Å²) in [6, 6.07) is 16.3. The van der Waals surface area contributed by atoms with Crippen LogP contribution in [-0.2, 0) is 6.61 Å². The first kappa shape index (κ1) is 21.0. The molecule has 3 aromatic carbocycles. The zero-order valence-electron chi connectivity index (χ0n) is 17.4. The summed E-state index contributed by atoms with van der Waals surface area (Å²) in [5, 5.41) is 11.7. The van der Waals surface area contributed by atoms with Crippen LogP contribution in [-0.4, -0.2) is 30.7 Å². The summed E-state index contributed by atoms with van der Waals surface area (Å²) in [4.78, 5) is 37.4.